The molecule has 0 saturated heterocycles. The highest BCUT2D eigenvalue weighted by atomic mass is 32.1. The van der Waals surface area contributed by atoms with Gasteiger partial charge in [-0.25, -0.2) is 9.37 Å². The fourth-order valence-corrected chi connectivity index (χ4v) is 3.66. The molecule has 3 rings (SSSR count). The normalized spacial score (nSPS) is 14.9. The lowest BCUT2D eigenvalue weighted by Crippen LogP contribution is -2.32. The Morgan fingerprint density at radius 3 is 2.91 bits per heavy atom. The Labute approximate surface area is 138 Å². The zero-order valence-electron chi connectivity index (χ0n) is 13.0. The van der Waals surface area contributed by atoms with Gasteiger partial charge in [0.05, 0.1) is 5.69 Å². The molecular formula is C17H19FN2O2S. The smallest absolute Gasteiger partial charge is 0.267 e. The van der Waals surface area contributed by atoms with E-state index < -0.39 is 11.9 Å². The summed E-state index contributed by atoms with van der Waals surface area (Å²) in [4.78, 5) is 18.1. The Balaban J connectivity index is 1.68. The number of carbonyl (C=O) groups is 1. The third-order valence-corrected chi connectivity index (χ3v) is 4.92. The first-order valence-electron chi connectivity index (χ1n) is 7.88. The molecule has 0 bridgehead atoms. The quantitative estimate of drug-likeness (QED) is 0.900. The molecular weight excluding hydrogens is 315 g/mol. The average molecular weight is 334 g/mol. The summed E-state index contributed by atoms with van der Waals surface area (Å²) in [6.07, 6.45) is 4.05. The van der Waals surface area contributed by atoms with E-state index >= 15 is 0 Å². The number of para-hydroxylation sites is 1. The van der Waals surface area contributed by atoms with Gasteiger partial charge in [-0.3, -0.25) is 10.1 Å². The molecule has 4 nitrogen and oxygen atoms in total. The van der Waals surface area contributed by atoms with E-state index in [9.17, 15) is 9.18 Å². The molecule has 0 fully saturated rings. The Morgan fingerprint density at radius 2 is 2.17 bits per heavy atom. The second-order valence-corrected chi connectivity index (χ2v) is 6.61. The third-order valence-electron chi connectivity index (χ3n) is 3.84. The Morgan fingerprint density at radius 1 is 1.39 bits per heavy atom. The molecule has 6 heteroatoms. The number of anilines is 1. The van der Waals surface area contributed by atoms with Crippen LogP contribution in [-0.4, -0.2) is 17.0 Å². The zero-order chi connectivity index (χ0) is 16.2. The van der Waals surface area contributed by atoms with Crippen molar-refractivity contribution in [1.29, 1.82) is 0 Å². The predicted molar refractivity (Wildman–Crippen MR) is 88.5 cm³/mol. The van der Waals surface area contributed by atoms with E-state index in [0.717, 1.165) is 25.0 Å². The van der Waals surface area contributed by atoms with Crippen molar-refractivity contribution in [2.24, 2.45) is 0 Å². The number of aromatic nitrogens is 1. The fourth-order valence-electron chi connectivity index (χ4n) is 2.61. The van der Waals surface area contributed by atoms with Crippen molar-refractivity contribution < 1.29 is 13.9 Å². The van der Waals surface area contributed by atoms with Crippen LogP contribution >= 0.6 is 11.3 Å². The summed E-state index contributed by atoms with van der Waals surface area (Å²) in [6.45, 7) is 1.83. The minimum atomic E-state index is -0.743. The van der Waals surface area contributed by atoms with Crippen LogP contribution in [-0.2, 0) is 17.6 Å². The van der Waals surface area contributed by atoms with Crippen LogP contribution in [0.1, 0.15) is 36.8 Å². The van der Waals surface area contributed by atoms with E-state index in [4.69, 9.17) is 4.74 Å². The monoisotopic (exact) mass is 334 g/mol. The number of fused-ring (bicyclic) bond motifs is 1. The fraction of sp³-hybridized carbons (Fsp3) is 0.412. The van der Waals surface area contributed by atoms with Gasteiger partial charge in [0.1, 0.15) is 0 Å². The summed E-state index contributed by atoms with van der Waals surface area (Å²) >= 11 is 1.53. The summed E-state index contributed by atoms with van der Waals surface area (Å²) in [7, 11) is 0. The standard InChI is InChI=1S/C17H19FN2O2S/c1-2-13(22-14-9-5-3-7-11(14)18)16(21)20-17-19-12-8-4-6-10-15(12)23-17/h3,5,7,9,13H,2,4,6,8,10H2,1H3,(H,19,20,21)/t13-/m0/s1. The third kappa shape index (κ3) is 3.69. The lowest BCUT2D eigenvalue weighted by atomic mass is 10.0. The van der Waals surface area contributed by atoms with Crippen molar-refractivity contribution in [1.82, 2.24) is 4.98 Å². The van der Waals surface area contributed by atoms with Gasteiger partial charge in [0.2, 0.25) is 0 Å². The maximum Gasteiger partial charge on any atom is 0.267 e. The first-order chi connectivity index (χ1) is 11.2. The van der Waals surface area contributed by atoms with Crippen LogP contribution in [0, 0.1) is 5.82 Å². The molecule has 0 unspecified atom stereocenters. The maximum absolute atomic E-state index is 13.7. The van der Waals surface area contributed by atoms with Gasteiger partial charge in [0, 0.05) is 4.88 Å². The number of amides is 1. The zero-order valence-corrected chi connectivity index (χ0v) is 13.8. The molecule has 1 amide bonds. The van der Waals surface area contributed by atoms with Crippen LogP contribution < -0.4 is 10.1 Å². The van der Waals surface area contributed by atoms with E-state index in [1.807, 2.05) is 6.92 Å². The van der Waals surface area contributed by atoms with Crippen LogP contribution in [0.3, 0.4) is 0 Å². The molecule has 1 atom stereocenters. The average Bonchev–Trinajstić information content (AvgIpc) is 2.96. The second kappa shape index (κ2) is 7.08. The van der Waals surface area contributed by atoms with Crippen molar-refractivity contribution in [3.05, 3.63) is 40.7 Å². The van der Waals surface area contributed by atoms with Gasteiger partial charge in [0.25, 0.3) is 5.91 Å². The van der Waals surface area contributed by atoms with E-state index in [0.29, 0.717) is 11.6 Å². The van der Waals surface area contributed by atoms with Crippen LogP contribution in [0.5, 0.6) is 5.75 Å². The van der Waals surface area contributed by atoms with Gasteiger partial charge in [0.15, 0.2) is 22.8 Å². The minimum absolute atomic E-state index is 0.0907. The van der Waals surface area contributed by atoms with Gasteiger partial charge in [-0.05, 0) is 44.2 Å². The summed E-state index contributed by atoms with van der Waals surface area (Å²) in [5.74, 6) is -0.668. The van der Waals surface area contributed by atoms with Gasteiger partial charge in [-0.15, -0.1) is 11.3 Å². The number of benzene rings is 1. The van der Waals surface area contributed by atoms with Crippen LogP contribution in [0.15, 0.2) is 24.3 Å². The van der Waals surface area contributed by atoms with Gasteiger partial charge < -0.3 is 4.74 Å². The number of carbonyl (C=O) groups excluding carboxylic acids is 1. The predicted octanol–water partition coefficient (Wildman–Crippen LogP) is 3.96. The highest BCUT2D eigenvalue weighted by Crippen LogP contribution is 2.29. The highest BCUT2D eigenvalue weighted by Gasteiger charge is 2.22. The molecule has 0 saturated carbocycles. The number of ether oxygens (including phenoxy) is 1. The molecule has 0 aliphatic heterocycles. The number of nitrogens with zero attached hydrogens (tertiary/aromatic N) is 1. The van der Waals surface area contributed by atoms with E-state index in [1.165, 1.54) is 34.8 Å². The van der Waals surface area contributed by atoms with Crippen molar-refractivity contribution in [3.8, 4) is 5.75 Å². The number of nitrogens with one attached hydrogen (secondary N) is 1. The molecule has 23 heavy (non-hydrogen) atoms. The van der Waals surface area contributed by atoms with Crippen molar-refractivity contribution in [3.63, 3.8) is 0 Å². The van der Waals surface area contributed by atoms with Crippen LogP contribution in [0.4, 0.5) is 9.52 Å². The number of hydrogen-bond acceptors (Lipinski definition) is 4. The first-order valence-corrected chi connectivity index (χ1v) is 8.69. The van der Waals surface area contributed by atoms with E-state index in [-0.39, 0.29) is 11.7 Å². The molecule has 1 aromatic carbocycles. The molecule has 1 aliphatic rings. The number of halogens is 1. The highest BCUT2D eigenvalue weighted by molar-refractivity contribution is 7.15. The molecule has 1 heterocycles. The molecule has 1 N–H and O–H groups in total. The number of hydrogen-bond donors (Lipinski definition) is 1. The molecule has 0 radical (unpaired) electrons. The molecule has 122 valence electrons. The Hall–Kier alpha value is -1.95. The maximum atomic E-state index is 13.7. The van der Waals surface area contributed by atoms with Crippen molar-refractivity contribution in [2.75, 3.05) is 5.32 Å². The molecule has 1 aromatic heterocycles. The number of rotatable bonds is 5. The molecule has 2 aromatic rings. The summed E-state index contributed by atoms with van der Waals surface area (Å²) in [5, 5.41) is 3.42. The lowest BCUT2D eigenvalue weighted by molar-refractivity contribution is -0.122. The minimum Gasteiger partial charge on any atom is -0.478 e. The summed E-state index contributed by atoms with van der Waals surface area (Å²) in [6, 6.07) is 6.10. The van der Waals surface area contributed by atoms with Gasteiger partial charge in [-0.2, -0.15) is 0 Å². The van der Waals surface area contributed by atoms with E-state index in [1.54, 1.807) is 12.1 Å². The van der Waals surface area contributed by atoms with E-state index in [2.05, 4.69) is 10.3 Å². The Kier molecular flexibility index (Phi) is 4.91. The first kappa shape index (κ1) is 15.9. The number of aryl methyl sites for hydroxylation is 2. The van der Waals surface area contributed by atoms with Gasteiger partial charge in [-0.1, -0.05) is 19.1 Å². The van der Waals surface area contributed by atoms with Crippen LogP contribution in [0.2, 0.25) is 0 Å². The molecule has 0 spiro atoms. The van der Waals surface area contributed by atoms with Crippen LogP contribution in [0.25, 0.3) is 0 Å². The van der Waals surface area contributed by atoms with Crippen molar-refractivity contribution in [2.45, 2.75) is 45.1 Å². The summed E-state index contributed by atoms with van der Waals surface area (Å²) < 4.78 is 19.2. The lowest BCUT2D eigenvalue weighted by Gasteiger charge is -2.16. The number of thiazole rings is 1. The molecule has 1 aliphatic carbocycles. The Bertz CT molecular complexity index is 678. The van der Waals surface area contributed by atoms with Crippen molar-refractivity contribution >= 4 is 22.4 Å². The SMILES string of the molecule is CC[C@H](Oc1ccccc1F)C(=O)Nc1nc2c(s1)CCCC2. The second-order valence-electron chi connectivity index (χ2n) is 5.53. The topological polar surface area (TPSA) is 51.2 Å². The largest absolute Gasteiger partial charge is 0.478 e. The van der Waals surface area contributed by atoms with Gasteiger partial charge >= 0.3 is 0 Å². The summed E-state index contributed by atoms with van der Waals surface area (Å²) in [5.41, 5.74) is 1.10.